The molecule has 0 saturated heterocycles. The first-order valence-corrected chi connectivity index (χ1v) is 9.07. The SMILES string of the molecule is O=[P+](S)OOP(O)(=S)Cc1ccccc1. The summed E-state index contributed by atoms with van der Waals surface area (Å²) in [7, 11) is -2.22. The van der Waals surface area contributed by atoms with Crippen LogP contribution in [0.4, 0.5) is 0 Å². The molecule has 0 spiro atoms. The van der Waals surface area contributed by atoms with Gasteiger partial charge in [0.05, 0.1) is 6.16 Å². The molecular weight excluding hydrogens is 274 g/mol. The molecular formula is C7H9O4P2S2+. The Morgan fingerprint density at radius 1 is 1.47 bits per heavy atom. The van der Waals surface area contributed by atoms with Crippen LogP contribution >= 0.6 is 26.0 Å². The molecule has 0 bridgehead atoms. The molecule has 2 atom stereocenters. The zero-order valence-electron chi connectivity index (χ0n) is 7.52. The molecule has 82 valence electrons. The quantitative estimate of drug-likeness (QED) is 0.376. The molecule has 1 rings (SSSR count). The van der Waals surface area contributed by atoms with E-state index in [1.807, 2.05) is 18.2 Å². The monoisotopic (exact) mass is 283 g/mol. The summed E-state index contributed by atoms with van der Waals surface area (Å²) in [5.74, 6) is 0. The Morgan fingerprint density at radius 3 is 2.60 bits per heavy atom. The van der Waals surface area contributed by atoms with Gasteiger partial charge >= 0.3 is 7.23 Å². The van der Waals surface area contributed by atoms with E-state index >= 15 is 0 Å². The van der Waals surface area contributed by atoms with Crippen molar-refractivity contribution in [2.24, 2.45) is 0 Å². The second-order valence-corrected chi connectivity index (χ2v) is 7.72. The topological polar surface area (TPSA) is 55.8 Å². The zero-order chi connectivity index (χ0) is 11.3. The van der Waals surface area contributed by atoms with Crippen LogP contribution < -0.4 is 0 Å². The number of hydrogen-bond acceptors (Lipinski definition) is 4. The van der Waals surface area contributed by atoms with Crippen molar-refractivity contribution in [1.29, 1.82) is 0 Å². The van der Waals surface area contributed by atoms with Crippen LogP contribution in [0.15, 0.2) is 30.3 Å². The Kier molecular flexibility index (Phi) is 5.36. The van der Waals surface area contributed by atoms with Crippen LogP contribution in [0.2, 0.25) is 0 Å². The molecule has 0 aliphatic carbocycles. The average Bonchev–Trinajstić information content (AvgIpc) is 2.16. The van der Waals surface area contributed by atoms with Gasteiger partial charge in [-0.15, -0.1) is 4.67 Å². The lowest BCUT2D eigenvalue weighted by Crippen LogP contribution is -1.90. The third-order valence-corrected chi connectivity index (χ3v) is 3.60. The summed E-state index contributed by atoms with van der Waals surface area (Å²) in [6, 6.07) is 9.12. The normalized spacial score (nSPS) is 15.7. The van der Waals surface area contributed by atoms with Crippen molar-refractivity contribution in [1.82, 2.24) is 0 Å². The maximum atomic E-state index is 10.5. The van der Waals surface area contributed by atoms with Gasteiger partial charge in [-0.25, -0.2) is 0 Å². The molecule has 0 aromatic heterocycles. The first-order valence-electron chi connectivity index (χ1n) is 3.88. The van der Waals surface area contributed by atoms with Crippen LogP contribution in [-0.4, -0.2) is 4.89 Å². The Bertz CT molecular complexity index is 384. The summed E-state index contributed by atoms with van der Waals surface area (Å²) in [5.41, 5.74) is 0.835. The molecule has 0 heterocycles. The number of benzene rings is 1. The van der Waals surface area contributed by atoms with E-state index < -0.39 is 13.7 Å². The van der Waals surface area contributed by atoms with Crippen molar-refractivity contribution in [2.75, 3.05) is 0 Å². The van der Waals surface area contributed by atoms with Crippen molar-refractivity contribution in [3.8, 4) is 0 Å². The van der Waals surface area contributed by atoms with Crippen molar-refractivity contribution in [3.05, 3.63) is 35.9 Å². The predicted octanol–water partition coefficient (Wildman–Crippen LogP) is 3.02. The van der Waals surface area contributed by atoms with E-state index in [1.165, 1.54) is 0 Å². The molecule has 1 N–H and O–H groups in total. The molecule has 8 heteroatoms. The van der Waals surface area contributed by atoms with Gasteiger partial charge in [0, 0.05) is 4.67 Å². The van der Waals surface area contributed by atoms with E-state index in [0.717, 1.165) is 5.56 Å². The minimum Gasteiger partial charge on any atom is -0.343 e. The van der Waals surface area contributed by atoms with Crippen LogP contribution in [0, 0.1) is 0 Å². The first-order chi connectivity index (χ1) is 6.99. The van der Waals surface area contributed by atoms with Gasteiger partial charge < -0.3 is 4.89 Å². The second kappa shape index (κ2) is 6.06. The van der Waals surface area contributed by atoms with E-state index in [0.29, 0.717) is 0 Å². The van der Waals surface area contributed by atoms with Crippen molar-refractivity contribution in [2.45, 2.75) is 6.16 Å². The zero-order valence-corrected chi connectivity index (χ0v) is 11.0. The van der Waals surface area contributed by atoms with Crippen molar-refractivity contribution >= 4 is 37.8 Å². The lowest BCUT2D eigenvalue weighted by Gasteiger charge is -2.09. The fourth-order valence-electron chi connectivity index (χ4n) is 0.921. The largest absolute Gasteiger partial charge is 0.613 e. The van der Waals surface area contributed by atoms with Gasteiger partial charge in [0.15, 0.2) is 0 Å². The standard InChI is InChI=1S/C7H8O4P2S2/c8-12(14)10-11-13(9,15)6-7-4-2-1-3-5-7/h1-5H,6H2,(H-,8,9,14,15)/p+1. The molecule has 0 saturated carbocycles. The lowest BCUT2D eigenvalue weighted by molar-refractivity contribution is -0.0875. The minimum atomic E-state index is -3.09. The molecule has 15 heavy (non-hydrogen) atoms. The van der Waals surface area contributed by atoms with Crippen LogP contribution in [0.1, 0.15) is 5.56 Å². The fraction of sp³-hybridized carbons (Fsp3) is 0.143. The maximum Gasteiger partial charge on any atom is 0.613 e. The molecule has 0 fully saturated rings. The third-order valence-electron chi connectivity index (χ3n) is 1.44. The van der Waals surface area contributed by atoms with Crippen LogP contribution in [-0.2, 0) is 31.9 Å². The van der Waals surface area contributed by atoms with E-state index in [9.17, 15) is 9.46 Å². The van der Waals surface area contributed by atoms with Crippen LogP contribution in [0.5, 0.6) is 0 Å². The Hall–Kier alpha value is 0.200. The number of thiol groups is 1. The average molecular weight is 283 g/mol. The smallest absolute Gasteiger partial charge is 0.343 e. The van der Waals surface area contributed by atoms with Gasteiger partial charge in [-0.05, 0) is 21.9 Å². The van der Waals surface area contributed by atoms with E-state index in [-0.39, 0.29) is 6.16 Å². The Labute approximate surface area is 98.7 Å². The highest BCUT2D eigenvalue weighted by Gasteiger charge is 2.22. The Morgan fingerprint density at radius 2 is 2.07 bits per heavy atom. The van der Waals surface area contributed by atoms with Crippen molar-refractivity contribution in [3.63, 3.8) is 0 Å². The Balaban J connectivity index is 2.57. The maximum absolute atomic E-state index is 10.5. The second-order valence-electron chi connectivity index (χ2n) is 2.67. The fourth-order valence-corrected chi connectivity index (χ4v) is 3.25. The highest BCUT2D eigenvalue weighted by molar-refractivity contribution is 8.39. The number of hydrogen-bond donors (Lipinski definition) is 2. The lowest BCUT2D eigenvalue weighted by atomic mass is 10.2. The highest BCUT2D eigenvalue weighted by Crippen LogP contribution is 2.49. The van der Waals surface area contributed by atoms with E-state index in [2.05, 4.69) is 21.6 Å². The van der Waals surface area contributed by atoms with Gasteiger partial charge in [-0.3, -0.25) is 0 Å². The van der Waals surface area contributed by atoms with E-state index in [4.69, 9.17) is 11.8 Å². The van der Waals surface area contributed by atoms with E-state index in [1.54, 1.807) is 12.1 Å². The van der Waals surface area contributed by atoms with Gasteiger partial charge in [0.25, 0.3) is 0 Å². The van der Waals surface area contributed by atoms with Crippen molar-refractivity contribution < 1.29 is 18.8 Å². The predicted molar refractivity (Wildman–Crippen MR) is 65.4 cm³/mol. The van der Waals surface area contributed by atoms with Gasteiger partial charge in [0.2, 0.25) is 6.49 Å². The molecule has 0 radical (unpaired) electrons. The minimum absolute atomic E-state index is 0.167. The van der Waals surface area contributed by atoms with Crippen LogP contribution in [0.25, 0.3) is 0 Å². The first kappa shape index (κ1) is 13.3. The third kappa shape index (κ3) is 5.73. The molecule has 0 aliphatic heterocycles. The summed E-state index contributed by atoms with van der Waals surface area (Å²) in [6.07, 6.45) is 0.167. The molecule has 1 aromatic rings. The summed E-state index contributed by atoms with van der Waals surface area (Å²) in [4.78, 5) is 9.63. The molecule has 2 unspecified atom stereocenters. The molecule has 0 aliphatic rings. The summed E-state index contributed by atoms with van der Waals surface area (Å²) in [5, 5.41) is 0. The highest BCUT2D eigenvalue weighted by atomic mass is 32.7. The van der Waals surface area contributed by atoms with Gasteiger partial charge in [-0.1, -0.05) is 30.3 Å². The summed E-state index contributed by atoms with van der Waals surface area (Å²) >= 11 is 8.26. The van der Waals surface area contributed by atoms with Gasteiger partial charge in [0.1, 0.15) is 12.2 Å². The molecule has 1 aromatic carbocycles. The van der Waals surface area contributed by atoms with Crippen LogP contribution in [0.3, 0.4) is 0 Å². The molecule has 4 nitrogen and oxygen atoms in total. The number of rotatable bonds is 5. The van der Waals surface area contributed by atoms with Gasteiger partial charge in [-0.2, -0.15) is 0 Å². The summed E-state index contributed by atoms with van der Waals surface area (Å²) < 4.78 is 19.2. The summed E-state index contributed by atoms with van der Waals surface area (Å²) in [6.45, 7) is -3.09. The molecule has 0 amide bonds.